The lowest BCUT2D eigenvalue weighted by Crippen LogP contribution is -2.15. The normalized spacial score (nSPS) is 10.3. The topological polar surface area (TPSA) is 66.4 Å². The van der Waals surface area contributed by atoms with Crippen LogP contribution in [0.15, 0.2) is 23.6 Å². The summed E-state index contributed by atoms with van der Waals surface area (Å²) in [7, 11) is 0. The van der Waals surface area contributed by atoms with Crippen LogP contribution in [0.25, 0.3) is 0 Å². The van der Waals surface area contributed by atoms with E-state index in [1.165, 1.54) is 0 Å². The lowest BCUT2D eigenvalue weighted by Gasteiger charge is -2.09. The molecule has 0 fully saturated rings. The van der Waals surface area contributed by atoms with Crippen molar-refractivity contribution in [3.05, 3.63) is 50.2 Å². The summed E-state index contributed by atoms with van der Waals surface area (Å²) in [6, 6.07) is 4.94. The molecule has 0 spiro atoms. The van der Waals surface area contributed by atoms with Crippen LogP contribution >= 0.6 is 22.9 Å². The number of rotatable bonds is 3. The van der Waals surface area contributed by atoms with Crippen LogP contribution < -0.4 is 5.32 Å². The van der Waals surface area contributed by atoms with Crippen molar-refractivity contribution in [3.8, 4) is 0 Å². The maximum absolute atomic E-state index is 12.2. The molecule has 1 heterocycles. The van der Waals surface area contributed by atoms with Gasteiger partial charge in [0.2, 0.25) is 0 Å². The smallest absolute Gasteiger partial charge is 0.348 e. The Labute approximate surface area is 125 Å². The maximum Gasteiger partial charge on any atom is 0.348 e. The maximum atomic E-state index is 12.2. The Balaban J connectivity index is 2.33. The summed E-state index contributed by atoms with van der Waals surface area (Å²) in [6.07, 6.45) is 0. The number of hydrogen-bond acceptors (Lipinski definition) is 3. The lowest BCUT2D eigenvalue weighted by molar-refractivity contribution is 0.0703. The van der Waals surface area contributed by atoms with Crippen LogP contribution in [-0.2, 0) is 0 Å². The van der Waals surface area contributed by atoms with Gasteiger partial charge in [0.1, 0.15) is 4.88 Å². The summed E-state index contributed by atoms with van der Waals surface area (Å²) in [5.41, 5.74) is 2.28. The number of carboxylic acid groups (broad SMARTS) is 1. The number of thiophene rings is 1. The standard InChI is InChI=1S/C14H12ClNO3S/c1-7-5-9(15)3-4-10(7)13(17)16-11-8(2)6-20-12(11)14(18)19/h3-6H,1-2H3,(H,16,17)(H,18,19). The third-order valence-electron chi connectivity index (χ3n) is 2.84. The molecule has 0 aliphatic carbocycles. The highest BCUT2D eigenvalue weighted by atomic mass is 35.5. The Morgan fingerprint density at radius 1 is 1.25 bits per heavy atom. The van der Waals surface area contributed by atoms with Crippen molar-refractivity contribution >= 4 is 40.5 Å². The van der Waals surface area contributed by atoms with Crippen LogP contribution in [0.4, 0.5) is 5.69 Å². The van der Waals surface area contributed by atoms with Gasteiger partial charge in [0.05, 0.1) is 5.69 Å². The minimum atomic E-state index is -1.05. The minimum Gasteiger partial charge on any atom is -0.477 e. The number of halogens is 1. The van der Waals surface area contributed by atoms with E-state index in [0.29, 0.717) is 16.3 Å². The van der Waals surface area contributed by atoms with Crippen molar-refractivity contribution in [2.24, 2.45) is 0 Å². The highest BCUT2D eigenvalue weighted by Crippen LogP contribution is 2.28. The van der Waals surface area contributed by atoms with E-state index >= 15 is 0 Å². The van der Waals surface area contributed by atoms with Crippen LogP contribution in [-0.4, -0.2) is 17.0 Å². The second-order valence-corrected chi connectivity index (χ2v) is 5.66. The molecule has 1 aromatic carbocycles. The van der Waals surface area contributed by atoms with E-state index in [9.17, 15) is 9.59 Å². The quantitative estimate of drug-likeness (QED) is 0.901. The van der Waals surface area contributed by atoms with Gasteiger partial charge < -0.3 is 10.4 Å². The zero-order valence-electron chi connectivity index (χ0n) is 10.9. The summed E-state index contributed by atoms with van der Waals surface area (Å²) in [6.45, 7) is 3.53. The van der Waals surface area contributed by atoms with E-state index in [1.54, 1.807) is 37.4 Å². The average Bonchev–Trinajstić information content (AvgIpc) is 2.71. The Morgan fingerprint density at radius 3 is 2.55 bits per heavy atom. The fraction of sp³-hybridized carbons (Fsp3) is 0.143. The SMILES string of the molecule is Cc1cc(Cl)ccc1C(=O)Nc1c(C)csc1C(=O)O. The van der Waals surface area contributed by atoms with Gasteiger partial charge in [-0.3, -0.25) is 4.79 Å². The monoisotopic (exact) mass is 309 g/mol. The molecule has 2 N–H and O–H groups in total. The Kier molecular flexibility index (Phi) is 4.11. The number of hydrogen-bond donors (Lipinski definition) is 2. The number of nitrogens with one attached hydrogen (secondary N) is 1. The largest absolute Gasteiger partial charge is 0.477 e. The fourth-order valence-corrected chi connectivity index (χ4v) is 2.89. The summed E-state index contributed by atoms with van der Waals surface area (Å²) >= 11 is 6.94. The molecule has 6 heteroatoms. The number of carbonyl (C=O) groups is 2. The summed E-state index contributed by atoms with van der Waals surface area (Å²) < 4.78 is 0. The first kappa shape index (κ1) is 14.6. The van der Waals surface area contributed by atoms with Crippen molar-refractivity contribution in [3.63, 3.8) is 0 Å². The highest BCUT2D eigenvalue weighted by molar-refractivity contribution is 7.12. The third kappa shape index (κ3) is 2.84. The zero-order chi connectivity index (χ0) is 14.9. The van der Waals surface area contributed by atoms with Gasteiger partial charge in [0, 0.05) is 10.6 Å². The van der Waals surface area contributed by atoms with Crippen LogP contribution in [0.2, 0.25) is 5.02 Å². The number of benzene rings is 1. The van der Waals surface area contributed by atoms with Gasteiger partial charge in [-0.15, -0.1) is 11.3 Å². The molecule has 0 aliphatic rings. The number of carboxylic acids is 1. The molecular weight excluding hydrogens is 298 g/mol. The van der Waals surface area contributed by atoms with E-state index in [2.05, 4.69) is 5.32 Å². The molecule has 0 aliphatic heterocycles. The number of aromatic carboxylic acids is 1. The Morgan fingerprint density at radius 2 is 1.95 bits per heavy atom. The summed E-state index contributed by atoms with van der Waals surface area (Å²) in [5, 5.41) is 14.0. The molecular formula is C14H12ClNO3S. The molecule has 0 atom stereocenters. The molecule has 4 nitrogen and oxygen atoms in total. The van der Waals surface area contributed by atoms with E-state index < -0.39 is 5.97 Å². The van der Waals surface area contributed by atoms with Gasteiger partial charge in [0.25, 0.3) is 5.91 Å². The Bertz CT molecular complexity index is 694. The number of amides is 1. The van der Waals surface area contributed by atoms with Crippen molar-refractivity contribution in [1.29, 1.82) is 0 Å². The fourth-order valence-electron chi connectivity index (χ4n) is 1.82. The van der Waals surface area contributed by atoms with E-state index in [4.69, 9.17) is 16.7 Å². The molecule has 2 aromatic rings. The zero-order valence-corrected chi connectivity index (χ0v) is 12.4. The predicted octanol–water partition coefficient (Wildman–Crippen LogP) is 3.97. The first-order valence-electron chi connectivity index (χ1n) is 5.79. The van der Waals surface area contributed by atoms with Crippen LogP contribution in [0, 0.1) is 13.8 Å². The average molecular weight is 310 g/mol. The third-order valence-corrected chi connectivity index (χ3v) is 4.16. The van der Waals surface area contributed by atoms with Crippen molar-refractivity contribution in [1.82, 2.24) is 0 Å². The second kappa shape index (κ2) is 5.64. The van der Waals surface area contributed by atoms with Gasteiger partial charge in [0.15, 0.2) is 0 Å². The van der Waals surface area contributed by atoms with Crippen molar-refractivity contribution in [2.75, 3.05) is 5.32 Å². The van der Waals surface area contributed by atoms with E-state index in [1.807, 2.05) is 0 Å². The van der Waals surface area contributed by atoms with Gasteiger partial charge >= 0.3 is 5.97 Å². The van der Waals surface area contributed by atoms with Gasteiger partial charge in [-0.2, -0.15) is 0 Å². The number of anilines is 1. The molecule has 20 heavy (non-hydrogen) atoms. The van der Waals surface area contributed by atoms with Crippen molar-refractivity contribution in [2.45, 2.75) is 13.8 Å². The molecule has 1 aromatic heterocycles. The first-order chi connectivity index (χ1) is 9.40. The molecule has 0 saturated carbocycles. The molecule has 1 amide bonds. The van der Waals surface area contributed by atoms with E-state index in [-0.39, 0.29) is 10.8 Å². The molecule has 0 bridgehead atoms. The molecule has 2 rings (SSSR count). The molecule has 104 valence electrons. The minimum absolute atomic E-state index is 0.127. The predicted molar refractivity (Wildman–Crippen MR) is 80.2 cm³/mol. The number of carbonyl (C=O) groups excluding carboxylic acids is 1. The van der Waals surface area contributed by atoms with E-state index in [0.717, 1.165) is 22.5 Å². The van der Waals surface area contributed by atoms with Crippen LogP contribution in [0.1, 0.15) is 31.2 Å². The van der Waals surface area contributed by atoms with Crippen LogP contribution in [0.3, 0.4) is 0 Å². The Hall–Kier alpha value is -1.85. The second-order valence-electron chi connectivity index (χ2n) is 4.34. The lowest BCUT2D eigenvalue weighted by atomic mass is 10.1. The van der Waals surface area contributed by atoms with Crippen LogP contribution in [0.5, 0.6) is 0 Å². The van der Waals surface area contributed by atoms with Gasteiger partial charge in [-0.1, -0.05) is 11.6 Å². The van der Waals surface area contributed by atoms with Gasteiger partial charge in [-0.05, 0) is 48.6 Å². The van der Waals surface area contributed by atoms with Crippen molar-refractivity contribution < 1.29 is 14.7 Å². The molecule has 0 saturated heterocycles. The number of aryl methyl sites for hydroxylation is 2. The van der Waals surface area contributed by atoms with Gasteiger partial charge in [-0.25, -0.2) is 4.79 Å². The summed E-state index contributed by atoms with van der Waals surface area (Å²) in [4.78, 5) is 23.5. The molecule has 0 radical (unpaired) electrons. The molecule has 0 unspecified atom stereocenters. The highest BCUT2D eigenvalue weighted by Gasteiger charge is 2.18. The first-order valence-corrected chi connectivity index (χ1v) is 7.04. The summed E-state index contributed by atoms with van der Waals surface area (Å²) in [5.74, 6) is -1.39.